The van der Waals surface area contributed by atoms with E-state index >= 15 is 0 Å². The molecule has 4 heteroatoms. The molecule has 1 aromatic heterocycles. The SMILES string of the molecule is C=Cc1cccc(CN(C)Cc2nc(C)no2)c1. The Labute approximate surface area is 107 Å². The highest BCUT2D eigenvalue weighted by molar-refractivity contribution is 5.47. The van der Waals surface area contributed by atoms with E-state index in [9.17, 15) is 0 Å². The first-order chi connectivity index (χ1) is 8.67. The molecular formula is C14H17N3O. The molecule has 1 aromatic carbocycles. The Balaban J connectivity index is 1.98. The lowest BCUT2D eigenvalue weighted by atomic mass is 10.1. The molecule has 0 aliphatic rings. The standard InChI is InChI=1S/C14H17N3O/c1-4-12-6-5-7-13(8-12)9-17(3)10-14-15-11(2)16-18-14/h4-8H,1,9-10H2,2-3H3. The molecule has 0 radical (unpaired) electrons. The molecule has 0 saturated carbocycles. The van der Waals surface area contributed by atoms with Gasteiger partial charge in [-0.15, -0.1) is 0 Å². The summed E-state index contributed by atoms with van der Waals surface area (Å²) >= 11 is 0. The number of aryl methyl sites for hydroxylation is 1. The van der Waals surface area contributed by atoms with Crippen LogP contribution in [0.3, 0.4) is 0 Å². The van der Waals surface area contributed by atoms with E-state index in [1.165, 1.54) is 5.56 Å². The molecule has 0 bridgehead atoms. The van der Waals surface area contributed by atoms with Gasteiger partial charge in [0.25, 0.3) is 0 Å². The van der Waals surface area contributed by atoms with E-state index in [2.05, 4.69) is 33.8 Å². The normalized spacial score (nSPS) is 10.8. The highest BCUT2D eigenvalue weighted by atomic mass is 16.5. The number of nitrogens with zero attached hydrogens (tertiary/aromatic N) is 3. The molecule has 0 unspecified atom stereocenters. The molecule has 18 heavy (non-hydrogen) atoms. The second-order valence-corrected chi connectivity index (χ2v) is 4.36. The summed E-state index contributed by atoms with van der Waals surface area (Å²) in [6, 6.07) is 8.31. The minimum absolute atomic E-state index is 0.648. The third-order valence-electron chi connectivity index (χ3n) is 2.61. The van der Waals surface area contributed by atoms with Crippen molar-refractivity contribution >= 4 is 6.08 Å². The van der Waals surface area contributed by atoms with E-state index < -0.39 is 0 Å². The molecule has 0 amide bonds. The fourth-order valence-corrected chi connectivity index (χ4v) is 1.82. The van der Waals surface area contributed by atoms with Gasteiger partial charge in [0.05, 0.1) is 6.54 Å². The van der Waals surface area contributed by atoms with Crippen molar-refractivity contribution in [3.63, 3.8) is 0 Å². The summed E-state index contributed by atoms with van der Waals surface area (Å²) < 4.78 is 5.10. The lowest BCUT2D eigenvalue weighted by molar-refractivity contribution is 0.260. The molecule has 0 aliphatic carbocycles. The summed E-state index contributed by atoms with van der Waals surface area (Å²) in [5.74, 6) is 1.32. The molecule has 0 fully saturated rings. The number of rotatable bonds is 5. The highest BCUT2D eigenvalue weighted by Crippen LogP contribution is 2.10. The predicted molar refractivity (Wildman–Crippen MR) is 70.7 cm³/mol. The molecule has 0 aliphatic heterocycles. The lowest BCUT2D eigenvalue weighted by Crippen LogP contribution is -2.17. The molecular weight excluding hydrogens is 226 g/mol. The van der Waals surface area contributed by atoms with Crippen LogP contribution in [0.4, 0.5) is 0 Å². The molecule has 0 saturated heterocycles. The Kier molecular flexibility index (Phi) is 3.89. The molecule has 1 heterocycles. The molecule has 2 rings (SSSR count). The Morgan fingerprint density at radius 2 is 2.22 bits per heavy atom. The molecule has 4 nitrogen and oxygen atoms in total. The van der Waals surface area contributed by atoms with Crippen molar-refractivity contribution in [2.24, 2.45) is 0 Å². The average Bonchev–Trinajstić information content (AvgIpc) is 2.74. The van der Waals surface area contributed by atoms with Crippen molar-refractivity contribution in [1.82, 2.24) is 15.0 Å². The van der Waals surface area contributed by atoms with Gasteiger partial charge in [-0.1, -0.05) is 42.1 Å². The quantitative estimate of drug-likeness (QED) is 0.809. The van der Waals surface area contributed by atoms with Gasteiger partial charge in [0.15, 0.2) is 5.82 Å². The van der Waals surface area contributed by atoms with Crippen molar-refractivity contribution in [1.29, 1.82) is 0 Å². The van der Waals surface area contributed by atoms with Crippen LogP contribution in [-0.4, -0.2) is 22.1 Å². The Bertz CT molecular complexity index is 533. The van der Waals surface area contributed by atoms with Gasteiger partial charge in [0.2, 0.25) is 5.89 Å². The summed E-state index contributed by atoms with van der Waals surface area (Å²) in [5, 5.41) is 3.78. The van der Waals surface area contributed by atoms with E-state index in [0.29, 0.717) is 18.3 Å². The maximum atomic E-state index is 5.10. The van der Waals surface area contributed by atoms with Crippen LogP contribution in [0.25, 0.3) is 6.08 Å². The highest BCUT2D eigenvalue weighted by Gasteiger charge is 2.07. The maximum Gasteiger partial charge on any atom is 0.240 e. The Morgan fingerprint density at radius 3 is 2.89 bits per heavy atom. The van der Waals surface area contributed by atoms with Gasteiger partial charge in [0.1, 0.15) is 0 Å². The van der Waals surface area contributed by atoms with E-state index in [-0.39, 0.29) is 0 Å². The first-order valence-corrected chi connectivity index (χ1v) is 5.86. The van der Waals surface area contributed by atoms with Crippen molar-refractivity contribution in [2.75, 3.05) is 7.05 Å². The summed E-state index contributed by atoms with van der Waals surface area (Å²) in [6.45, 7) is 7.08. The molecule has 0 N–H and O–H groups in total. The van der Waals surface area contributed by atoms with Crippen LogP contribution in [0.15, 0.2) is 35.4 Å². The number of benzene rings is 1. The zero-order chi connectivity index (χ0) is 13.0. The zero-order valence-corrected chi connectivity index (χ0v) is 10.8. The zero-order valence-electron chi connectivity index (χ0n) is 10.8. The van der Waals surface area contributed by atoms with Crippen LogP contribution in [0.5, 0.6) is 0 Å². The summed E-state index contributed by atoms with van der Waals surface area (Å²) in [5.41, 5.74) is 2.38. The average molecular weight is 243 g/mol. The van der Waals surface area contributed by atoms with Crippen molar-refractivity contribution in [3.8, 4) is 0 Å². The predicted octanol–water partition coefficient (Wildman–Crippen LogP) is 2.65. The van der Waals surface area contributed by atoms with E-state index in [0.717, 1.165) is 12.1 Å². The first kappa shape index (κ1) is 12.5. The Morgan fingerprint density at radius 1 is 1.39 bits per heavy atom. The van der Waals surface area contributed by atoms with Crippen LogP contribution in [0.1, 0.15) is 22.8 Å². The second kappa shape index (κ2) is 5.60. The van der Waals surface area contributed by atoms with E-state index in [1.807, 2.05) is 32.2 Å². The number of hydrogen-bond donors (Lipinski definition) is 0. The monoisotopic (exact) mass is 243 g/mol. The minimum atomic E-state index is 0.648. The minimum Gasteiger partial charge on any atom is -0.338 e. The lowest BCUT2D eigenvalue weighted by Gasteiger charge is -2.14. The molecule has 0 spiro atoms. The van der Waals surface area contributed by atoms with Crippen LogP contribution in [-0.2, 0) is 13.1 Å². The third-order valence-corrected chi connectivity index (χ3v) is 2.61. The van der Waals surface area contributed by atoms with Crippen LogP contribution in [0, 0.1) is 6.92 Å². The smallest absolute Gasteiger partial charge is 0.240 e. The van der Waals surface area contributed by atoms with E-state index in [4.69, 9.17) is 4.52 Å². The summed E-state index contributed by atoms with van der Waals surface area (Å²) in [4.78, 5) is 6.32. The van der Waals surface area contributed by atoms with Crippen LogP contribution in [0.2, 0.25) is 0 Å². The third kappa shape index (κ3) is 3.28. The van der Waals surface area contributed by atoms with Crippen molar-refractivity contribution < 1.29 is 4.52 Å². The van der Waals surface area contributed by atoms with Crippen LogP contribution < -0.4 is 0 Å². The number of aromatic nitrogens is 2. The fourth-order valence-electron chi connectivity index (χ4n) is 1.82. The van der Waals surface area contributed by atoms with Gasteiger partial charge in [-0.3, -0.25) is 4.90 Å². The second-order valence-electron chi connectivity index (χ2n) is 4.36. The fraction of sp³-hybridized carbons (Fsp3) is 0.286. The van der Waals surface area contributed by atoms with Crippen LogP contribution >= 0.6 is 0 Å². The maximum absolute atomic E-state index is 5.10. The van der Waals surface area contributed by atoms with Gasteiger partial charge in [-0.25, -0.2) is 0 Å². The van der Waals surface area contributed by atoms with Crippen molar-refractivity contribution in [3.05, 3.63) is 53.7 Å². The summed E-state index contributed by atoms with van der Waals surface area (Å²) in [6.07, 6.45) is 1.85. The van der Waals surface area contributed by atoms with Gasteiger partial charge in [-0.2, -0.15) is 4.98 Å². The van der Waals surface area contributed by atoms with Gasteiger partial charge in [-0.05, 0) is 25.1 Å². The van der Waals surface area contributed by atoms with Gasteiger partial charge < -0.3 is 4.52 Å². The van der Waals surface area contributed by atoms with E-state index in [1.54, 1.807) is 0 Å². The topological polar surface area (TPSA) is 42.2 Å². The largest absolute Gasteiger partial charge is 0.338 e. The molecule has 0 atom stereocenters. The molecule has 2 aromatic rings. The summed E-state index contributed by atoms with van der Waals surface area (Å²) in [7, 11) is 2.03. The van der Waals surface area contributed by atoms with Gasteiger partial charge in [0, 0.05) is 6.54 Å². The number of hydrogen-bond acceptors (Lipinski definition) is 4. The molecule has 94 valence electrons. The van der Waals surface area contributed by atoms with Crippen molar-refractivity contribution in [2.45, 2.75) is 20.0 Å². The Hall–Kier alpha value is -1.94. The van der Waals surface area contributed by atoms with Gasteiger partial charge >= 0.3 is 0 Å². The first-order valence-electron chi connectivity index (χ1n) is 5.86.